The number of aliphatic hydroxyl groups excluding tert-OH is 1. The Morgan fingerprint density at radius 3 is 2.13 bits per heavy atom. The Kier molecular flexibility index (Phi) is 8.33. The van der Waals surface area contributed by atoms with Gasteiger partial charge >= 0.3 is 0 Å². The van der Waals surface area contributed by atoms with E-state index in [4.69, 9.17) is 0 Å². The molecule has 2 N–H and O–H groups in total. The van der Waals surface area contributed by atoms with E-state index in [0.29, 0.717) is 16.8 Å². The molecular formula is C27H29NO3. The van der Waals surface area contributed by atoms with Crippen molar-refractivity contribution >= 4 is 11.7 Å². The monoisotopic (exact) mass is 415 g/mol. The van der Waals surface area contributed by atoms with Gasteiger partial charge in [0.2, 0.25) is 0 Å². The van der Waals surface area contributed by atoms with Crippen LogP contribution in [0.4, 0.5) is 0 Å². The fourth-order valence-electron chi connectivity index (χ4n) is 3.17. The summed E-state index contributed by atoms with van der Waals surface area (Å²) < 4.78 is 0. The standard InChI is InChI=1S/C27H29NO3/c1-6-11-22(7-2)28-27(31)24(25(29)18(3)4)23(20-12-9-8-10-13-20)26(30)21-16-14-19(5)15-17-21/h6-18,23,29H,1-2H2,3-5H3,(H,28,31)/b22-11+,25-24-. The van der Waals surface area contributed by atoms with Crippen LogP contribution in [0.15, 0.2) is 103 Å². The average Bonchev–Trinajstić information content (AvgIpc) is 2.77. The van der Waals surface area contributed by atoms with E-state index in [1.807, 2.05) is 25.1 Å². The lowest BCUT2D eigenvalue weighted by atomic mass is 9.82. The zero-order valence-corrected chi connectivity index (χ0v) is 18.3. The lowest BCUT2D eigenvalue weighted by Gasteiger charge is -2.23. The third-order valence-corrected chi connectivity index (χ3v) is 4.86. The molecule has 0 aliphatic heterocycles. The molecule has 0 bridgehead atoms. The normalized spacial score (nSPS) is 13.2. The molecule has 0 fully saturated rings. The van der Waals surface area contributed by atoms with E-state index < -0.39 is 11.8 Å². The van der Waals surface area contributed by atoms with Crippen LogP contribution in [0.25, 0.3) is 0 Å². The molecule has 0 aromatic heterocycles. The number of allylic oxidation sites excluding steroid dienone is 4. The molecule has 0 radical (unpaired) electrons. The molecule has 1 unspecified atom stereocenters. The Labute approximate surface area is 184 Å². The van der Waals surface area contributed by atoms with Crippen molar-refractivity contribution in [2.24, 2.45) is 5.92 Å². The lowest BCUT2D eigenvalue weighted by Crippen LogP contribution is -2.31. The number of amides is 1. The van der Waals surface area contributed by atoms with Gasteiger partial charge in [0.05, 0.1) is 11.5 Å². The number of carbonyl (C=O) groups excluding carboxylic acids is 2. The molecule has 1 atom stereocenters. The van der Waals surface area contributed by atoms with Gasteiger partial charge in [-0.1, -0.05) is 93.2 Å². The van der Waals surface area contributed by atoms with Crippen molar-refractivity contribution in [2.75, 3.05) is 0 Å². The summed E-state index contributed by atoms with van der Waals surface area (Å²) in [6.07, 6.45) is 4.59. The maximum Gasteiger partial charge on any atom is 0.256 e. The van der Waals surface area contributed by atoms with Crippen LogP contribution in [0.2, 0.25) is 0 Å². The number of benzene rings is 2. The minimum Gasteiger partial charge on any atom is -0.512 e. The van der Waals surface area contributed by atoms with Gasteiger partial charge in [-0.2, -0.15) is 0 Å². The first-order valence-electron chi connectivity index (χ1n) is 10.2. The van der Waals surface area contributed by atoms with Gasteiger partial charge in [0, 0.05) is 17.2 Å². The minimum absolute atomic E-state index is 0.0172. The van der Waals surface area contributed by atoms with Gasteiger partial charge in [-0.25, -0.2) is 0 Å². The molecule has 4 nitrogen and oxygen atoms in total. The van der Waals surface area contributed by atoms with Crippen molar-refractivity contribution in [3.8, 4) is 0 Å². The molecule has 1 amide bonds. The van der Waals surface area contributed by atoms with Gasteiger partial charge < -0.3 is 10.4 Å². The highest BCUT2D eigenvalue weighted by Crippen LogP contribution is 2.32. The van der Waals surface area contributed by atoms with Crippen LogP contribution in [0.5, 0.6) is 0 Å². The molecule has 160 valence electrons. The number of rotatable bonds is 9. The maximum absolute atomic E-state index is 13.6. The first-order valence-corrected chi connectivity index (χ1v) is 10.2. The summed E-state index contributed by atoms with van der Waals surface area (Å²) >= 11 is 0. The zero-order valence-electron chi connectivity index (χ0n) is 18.3. The third-order valence-electron chi connectivity index (χ3n) is 4.86. The van der Waals surface area contributed by atoms with Crippen LogP contribution in [-0.2, 0) is 4.79 Å². The van der Waals surface area contributed by atoms with Crippen LogP contribution in [0.3, 0.4) is 0 Å². The first kappa shape index (κ1) is 23.6. The smallest absolute Gasteiger partial charge is 0.256 e. The van der Waals surface area contributed by atoms with E-state index >= 15 is 0 Å². The summed E-state index contributed by atoms with van der Waals surface area (Å²) in [5, 5.41) is 13.7. The number of hydrogen-bond acceptors (Lipinski definition) is 3. The van der Waals surface area contributed by atoms with Crippen molar-refractivity contribution in [1.29, 1.82) is 0 Å². The van der Waals surface area contributed by atoms with E-state index in [9.17, 15) is 14.7 Å². The molecule has 0 saturated heterocycles. The second kappa shape index (κ2) is 10.9. The van der Waals surface area contributed by atoms with E-state index in [-0.39, 0.29) is 23.0 Å². The molecule has 2 aromatic carbocycles. The zero-order chi connectivity index (χ0) is 23.0. The number of aliphatic hydroxyl groups is 1. The maximum atomic E-state index is 13.6. The molecule has 2 rings (SSSR count). The van der Waals surface area contributed by atoms with Crippen LogP contribution >= 0.6 is 0 Å². The largest absolute Gasteiger partial charge is 0.512 e. The molecule has 0 spiro atoms. The summed E-state index contributed by atoms with van der Waals surface area (Å²) in [7, 11) is 0. The number of aryl methyl sites for hydroxylation is 1. The van der Waals surface area contributed by atoms with Crippen molar-refractivity contribution < 1.29 is 14.7 Å². The molecule has 0 aliphatic rings. The predicted octanol–water partition coefficient (Wildman–Crippen LogP) is 5.80. The summed E-state index contributed by atoms with van der Waals surface area (Å²) in [5.74, 6) is -2.28. The first-order chi connectivity index (χ1) is 14.8. The SMILES string of the molecule is C=C/C=C(\C=C)NC(=O)/C(=C(\O)C(C)C)C(C(=O)c1ccc(C)cc1)c1ccccc1. The summed E-state index contributed by atoms with van der Waals surface area (Å²) in [4.78, 5) is 27.0. The fraction of sp³-hybridized carbons (Fsp3) is 0.185. The van der Waals surface area contributed by atoms with Crippen LogP contribution in [0.1, 0.15) is 41.3 Å². The Balaban J connectivity index is 2.68. The van der Waals surface area contributed by atoms with Crippen molar-refractivity contribution in [3.05, 3.63) is 120 Å². The summed E-state index contributed by atoms with van der Waals surface area (Å²) in [6, 6.07) is 16.2. The third kappa shape index (κ3) is 5.92. The van der Waals surface area contributed by atoms with Crippen LogP contribution < -0.4 is 5.32 Å². The van der Waals surface area contributed by atoms with Gasteiger partial charge in [-0.15, -0.1) is 0 Å². The van der Waals surface area contributed by atoms with Gasteiger partial charge in [-0.05, 0) is 24.6 Å². The lowest BCUT2D eigenvalue weighted by molar-refractivity contribution is -0.117. The number of carbonyl (C=O) groups is 2. The average molecular weight is 416 g/mol. The highest BCUT2D eigenvalue weighted by molar-refractivity contribution is 6.10. The topological polar surface area (TPSA) is 66.4 Å². The van der Waals surface area contributed by atoms with Crippen molar-refractivity contribution in [1.82, 2.24) is 5.32 Å². The second-order valence-electron chi connectivity index (χ2n) is 7.54. The molecule has 0 heterocycles. The number of nitrogens with one attached hydrogen (secondary N) is 1. The minimum atomic E-state index is -0.971. The number of hydrogen-bond donors (Lipinski definition) is 2. The number of ketones is 1. The highest BCUT2D eigenvalue weighted by Gasteiger charge is 2.34. The predicted molar refractivity (Wildman–Crippen MR) is 126 cm³/mol. The van der Waals surface area contributed by atoms with E-state index in [2.05, 4.69) is 18.5 Å². The Morgan fingerprint density at radius 2 is 1.61 bits per heavy atom. The molecule has 0 saturated carbocycles. The Hall–Kier alpha value is -3.66. The molecule has 31 heavy (non-hydrogen) atoms. The Morgan fingerprint density at radius 1 is 1.00 bits per heavy atom. The summed E-state index contributed by atoms with van der Waals surface area (Å²) in [5.41, 5.74) is 2.55. The van der Waals surface area contributed by atoms with Gasteiger partial charge in [0.1, 0.15) is 5.76 Å². The van der Waals surface area contributed by atoms with E-state index in [0.717, 1.165) is 5.56 Å². The van der Waals surface area contributed by atoms with E-state index in [1.165, 1.54) is 12.2 Å². The van der Waals surface area contributed by atoms with Crippen LogP contribution in [-0.4, -0.2) is 16.8 Å². The molecular weight excluding hydrogens is 386 g/mol. The quantitative estimate of drug-likeness (QED) is 0.235. The number of Topliss-reactive ketones (excluding diaryl/α,β-unsaturated/α-hetero) is 1. The second-order valence-corrected chi connectivity index (χ2v) is 7.54. The van der Waals surface area contributed by atoms with Crippen molar-refractivity contribution in [3.63, 3.8) is 0 Å². The summed E-state index contributed by atoms with van der Waals surface area (Å²) in [6.45, 7) is 12.8. The molecule has 2 aromatic rings. The van der Waals surface area contributed by atoms with Gasteiger partial charge in [-0.3, -0.25) is 9.59 Å². The van der Waals surface area contributed by atoms with Crippen LogP contribution in [0, 0.1) is 12.8 Å². The van der Waals surface area contributed by atoms with E-state index in [1.54, 1.807) is 56.3 Å². The molecule has 0 aliphatic carbocycles. The fourth-order valence-corrected chi connectivity index (χ4v) is 3.17. The highest BCUT2D eigenvalue weighted by atomic mass is 16.3. The van der Waals surface area contributed by atoms with Gasteiger partial charge in [0.25, 0.3) is 5.91 Å². The van der Waals surface area contributed by atoms with Gasteiger partial charge in [0.15, 0.2) is 5.78 Å². The van der Waals surface area contributed by atoms with Crippen molar-refractivity contribution in [2.45, 2.75) is 26.7 Å². The molecule has 4 heteroatoms. The Bertz CT molecular complexity index is 1010.